The van der Waals surface area contributed by atoms with Gasteiger partial charge in [0.25, 0.3) is 5.91 Å². The Kier molecular flexibility index (Phi) is 5.97. The van der Waals surface area contributed by atoms with Gasteiger partial charge >= 0.3 is 0 Å². The van der Waals surface area contributed by atoms with Crippen LogP contribution in [0.1, 0.15) is 10.4 Å². The first-order valence-corrected chi connectivity index (χ1v) is 8.14. The number of rotatable bonds is 5. The summed E-state index contributed by atoms with van der Waals surface area (Å²) in [5.74, 6) is -0.215. The molecular formula is C17H18IN3O2. The van der Waals surface area contributed by atoms with E-state index in [1.54, 1.807) is 32.3 Å². The largest absolute Gasteiger partial charge is 0.376 e. The van der Waals surface area contributed by atoms with Crippen molar-refractivity contribution >= 4 is 45.8 Å². The zero-order chi connectivity index (χ0) is 16.8. The molecule has 0 bridgehead atoms. The van der Waals surface area contributed by atoms with E-state index in [-0.39, 0.29) is 18.4 Å². The molecule has 2 aromatic rings. The highest BCUT2D eigenvalue weighted by molar-refractivity contribution is 14.1. The quantitative estimate of drug-likeness (QED) is 0.727. The number of halogens is 1. The van der Waals surface area contributed by atoms with Gasteiger partial charge in [-0.05, 0) is 65.1 Å². The molecule has 0 aliphatic rings. The Hall–Kier alpha value is -2.09. The van der Waals surface area contributed by atoms with Crippen LogP contribution in [0.3, 0.4) is 0 Å². The first kappa shape index (κ1) is 17.3. The Morgan fingerprint density at radius 1 is 1.04 bits per heavy atom. The van der Waals surface area contributed by atoms with Crippen LogP contribution in [0.25, 0.3) is 0 Å². The van der Waals surface area contributed by atoms with Crippen molar-refractivity contribution in [2.45, 2.75) is 0 Å². The summed E-state index contributed by atoms with van der Waals surface area (Å²) in [6.07, 6.45) is 0. The Bertz CT molecular complexity index is 699. The smallest absolute Gasteiger partial charge is 0.253 e. The lowest BCUT2D eigenvalue weighted by atomic mass is 10.2. The van der Waals surface area contributed by atoms with Gasteiger partial charge < -0.3 is 15.5 Å². The molecule has 0 saturated heterocycles. The molecule has 2 amide bonds. The second-order valence-corrected chi connectivity index (χ2v) is 6.43. The summed E-state index contributed by atoms with van der Waals surface area (Å²) < 4.78 is 1.11. The van der Waals surface area contributed by atoms with Crippen molar-refractivity contribution in [1.29, 1.82) is 0 Å². The normalized spacial score (nSPS) is 10.0. The molecule has 0 spiro atoms. The molecule has 2 rings (SSSR count). The summed E-state index contributed by atoms with van der Waals surface area (Å²) in [4.78, 5) is 25.4. The van der Waals surface area contributed by atoms with Crippen molar-refractivity contribution in [3.63, 3.8) is 0 Å². The van der Waals surface area contributed by atoms with Gasteiger partial charge in [0.2, 0.25) is 5.91 Å². The first-order valence-electron chi connectivity index (χ1n) is 7.07. The number of carbonyl (C=O) groups excluding carboxylic acids is 2. The molecule has 120 valence electrons. The van der Waals surface area contributed by atoms with Crippen molar-refractivity contribution in [1.82, 2.24) is 4.90 Å². The van der Waals surface area contributed by atoms with Crippen LogP contribution in [0.15, 0.2) is 48.5 Å². The molecule has 2 N–H and O–H groups in total. The fraction of sp³-hybridized carbons (Fsp3) is 0.176. The van der Waals surface area contributed by atoms with Crippen LogP contribution < -0.4 is 10.6 Å². The molecule has 0 fully saturated rings. The number of amides is 2. The van der Waals surface area contributed by atoms with Crippen LogP contribution >= 0.6 is 22.6 Å². The van der Waals surface area contributed by atoms with Crippen molar-refractivity contribution in [3.05, 3.63) is 57.7 Å². The standard InChI is InChI=1S/C17H18IN3O2/c1-21(2)17(23)12-4-3-5-15(10-12)19-11-16(22)20-14-8-6-13(18)7-9-14/h3-10,19H,11H2,1-2H3,(H,20,22). The van der Waals surface area contributed by atoms with E-state index in [0.717, 1.165) is 14.9 Å². The highest BCUT2D eigenvalue weighted by Crippen LogP contribution is 2.13. The molecule has 5 nitrogen and oxygen atoms in total. The molecule has 6 heteroatoms. The highest BCUT2D eigenvalue weighted by Gasteiger charge is 2.08. The van der Waals surface area contributed by atoms with Gasteiger partial charge in [-0.1, -0.05) is 6.07 Å². The van der Waals surface area contributed by atoms with Gasteiger partial charge in [-0.15, -0.1) is 0 Å². The summed E-state index contributed by atoms with van der Waals surface area (Å²) in [5.41, 5.74) is 2.07. The van der Waals surface area contributed by atoms with E-state index in [0.29, 0.717) is 5.56 Å². The summed E-state index contributed by atoms with van der Waals surface area (Å²) in [7, 11) is 3.41. The second-order valence-electron chi connectivity index (χ2n) is 5.19. The van der Waals surface area contributed by atoms with Crippen LogP contribution in [0.5, 0.6) is 0 Å². The van der Waals surface area contributed by atoms with Gasteiger partial charge in [0.1, 0.15) is 0 Å². The van der Waals surface area contributed by atoms with Gasteiger partial charge in [0, 0.05) is 34.6 Å². The molecule has 23 heavy (non-hydrogen) atoms. The number of anilines is 2. The fourth-order valence-corrected chi connectivity index (χ4v) is 2.30. The van der Waals surface area contributed by atoms with Crippen LogP contribution in [-0.2, 0) is 4.79 Å². The van der Waals surface area contributed by atoms with Crippen LogP contribution in [0.2, 0.25) is 0 Å². The average Bonchev–Trinajstić information content (AvgIpc) is 2.54. The minimum Gasteiger partial charge on any atom is -0.376 e. The molecule has 0 atom stereocenters. The number of hydrogen-bond donors (Lipinski definition) is 2. The maximum atomic E-state index is 11.9. The van der Waals surface area contributed by atoms with Crippen molar-refractivity contribution in [2.24, 2.45) is 0 Å². The molecule has 2 aromatic carbocycles. The number of carbonyl (C=O) groups is 2. The monoisotopic (exact) mass is 423 g/mol. The number of nitrogens with zero attached hydrogens (tertiary/aromatic N) is 1. The summed E-state index contributed by atoms with van der Waals surface area (Å²) >= 11 is 2.21. The minimum atomic E-state index is -0.143. The van der Waals surface area contributed by atoms with E-state index in [2.05, 4.69) is 33.2 Å². The Balaban J connectivity index is 1.92. The third-order valence-electron chi connectivity index (χ3n) is 3.10. The fourth-order valence-electron chi connectivity index (χ4n) is 1.94. The molecule has 0 aromatic heterocycles. The highest BCUT2D eigenvalue weighted by atomic mass is 127. The van der Waals surface area contributed by atoms with Crippen molar-refractivity contribution in [2.75, 3.05) is 31.3 Å². The lowest BCUT2D eigenvalue weighted by Crippen LogP contribution is -2.23. The number of benzene rings is 2. The Morgan fingerprint density at radius 3 is 2.39 bits per heavy atom. The second kappa shape index (κ2) is 7.96. The zero-order valence-electron chi connectivity index (χ0n) is 13.0. The maximum absolute atomic E-state index is 11.9. The van der Waals surface area contributed by atoms with Gasteiger partial charge in [-0.2, -0.15) is 0 Å². The SMILES string of the molecule is CN(C)C(=O)c1cccc(NCC(=O)Nc2ccc(I)cc2)c1. The number of nitrogens with one attached hydrogen (secondary N) is 2. The Labute approximate surface area is 149 Å². The van der Waals surface area contributed by atoms with Gasteiger partial charge in [0.15, 0.2) is 0 Å². The third-order valence-corrected chi connectivity index (χ3v) is 3.82. The van der Waals surface area contributed by atoms with E-state index in [4.69, 9.17) is 0 Å². The van der Waals surface area contributed by atoms with Crippen LogP contribution in [0.4, 0.5) is 11.4 Å². The van der Waals surface area contributed by atoms with E-state index < -0.39 is 0 Å². The molecule has 0 saturated carbocycles. The predicted octanol–water partition coefficient (Wildman–Crippen LogP) is 3.04. The van der Waals surface area contributed by atoms with Crippen LogP contribution in [0, 0.1) is 3.57 Å². The van der Waals surface area contributed by atoms with E-state index in [9.17, 15) is 9.59 Å². The van der Waals surface area contributed by atoms with Gasteiger partial charge in [-0.3, -0.25) is 9.59 Å². The van der Waals surface area contributed by atoms with Crippen LogP contribution in [-0.4, -0.2) is 37.4 Å². The summed E-state index contributed by atoms with van der Waals surface area (Å²) in [6, 6.07) is 14.7. The molecule has 0 unspecified atom stereocenters. The third kappa shape index (κ3) is 5.24. The lowest BCUT2D eigenvalue weighted by molar-refractivity contribution is -0.114. The molecule has 0 aliphatic carbocycles. The summed E-state index contributed by atoms with van der Waals surface area (Å²) in [6.45, 7) is 0.131. The lowest BCUT2D eigenvalue weighted by Gasteiger charge is -2.12. The van der Waals surface area contributed by atoms with Crippen molar-refractivity contribution < 1.29 is 9.59 Å². The van der Waals surface area contributed by atoms with E-state index in [1.165, 1.54) is 4.90 Å². The van der Waals surface area contributed by atoms with E-state index in [1.807, 2.05) is 30.3 Å². The first-order chi connectivity index (χ1) is 11.0. The molecule has 0 aliphatic heterocycles. The van der Waals surface area contributed by atoms with Gasteiger partial charge in [-0.25, -0.2) is 0 Å². The van der Waals surface area contributed by atoms with Gasteiger partial charge in [0.05, 0.1) is 6.54 Å². The Morgan fingerprint density at radius 2 is 1.74 bits per heavy atom. The summed E-state index contributed by atoms with van der Waals surface area (Å²) in [5, 5.41) is 5.84. The average molecular weight is 423 g/mol. The molecular weight excluding hydrogens is 405 g/mol. The maximum Gasteiger partial charge on any atom is 0.253 e. The number of hydrogen-bond acceptors (Lipinski definition) is 3. The predicted molar refractivity (Wildman–Crippen MR) is 101 cm³/mol. The molecule has 0 heterocycles. The van der Waals surface area contributed by atoms with Crippen molar-refractivity contribution in [3.8, 4) is 0 Å². The molecule has 0 radical (unpaired) electrons. The van der Waals surface area contributed by atoms with E-state index >= 15 is 0 Å². The zero-order valence-corrected chi connectivity index (χ0v) is 15.1. The topological polar surface area (TPSA) is 61.4 Å². The minimum absolute atomic E-state index is 0.0722.